The Bertz CT molecular complexity index is 1120. The average molecular weight is 435 g/mol. The molecule has 5 rings (SSSR count). The third-order valence-electron chi connectivity index (χ3n) is 6.23. The summed E-state index contributed by atoms with van der Waals surface area (Å²) >= 11 is 0. The molecule has 0 bridgehead atoms. The van der Waals surface area contributed by atoms with Gasteiger partial charge in [0, 0.05) is 30.3 Å². The van der Waals surface area contributed by atoms with Crippen LogP contribution in [0, 0.1) is 23.0 Å². The predicted octanol–water partition coefficient (Wildman–Crippen LogP) is 5.55. The first kappa shape index (κ1) is 20.7. The number of hydrogen-bond donors (Lipinski definition) is 0. The standard InChI is InChI=1S/C25H23F2N3O2/c26-21-2-1-3-22(27)23(21)24-20(25(32-29-24)17-6-7-17)15-31-19-10-12-30(13-11-19)18-8-4-16(14-28)5-9-18/h1-5,8-9,17,19H,6-7,10-13,15H2. The van der Waals surface area contributed by atoms with Gasteiger partial charge in [0.15, 0.2) is 0 Å². The third-order valence-corrected chi connectivity index (χ3v) is 6.23. The molecule has 1 aliphatic carbocycles. The van der Waals surface area contributed by atoms with E-state index in [0.29, 0.717) is 16.9 Å². The highest BCUT2D eigenvalue weighted by molar-refractivity contribution is 5.65. The maximum atomic E-state index is 14.4. The maximum Gasteiger partial charge on any atom is 0.145 e. The van der Waals surface area contributed by atoms with Crippen molar-refractivity contribution >= 4 is 5.69 Å². The number of ether oxygens (including phenoxy) is 1. The summed E-state index contributed by atoms with van der Waals surface area (Å²) in [5, 5.41) is 13.0. The molecule has 0 N–H and O–H groups in total. The lowest BCUT2D eigenvalue weighted by molar-refractivity contribution is 0.0246. The van der Waals surface area contributed by atoms with Gasteiger partial charge in [-0.15, -0.1) is 0 Å². The number of halogens is 2. The van der Waals surface area contributed by atoms with Crippen LogP contribution >= 0.6 is 0 Å². The number of aromatic nitrogens is 1. The van der Waals surface area contributed by atoms with Crippen molar-refractivity contribution in [1.29, 1.82) is 5.26 Å². The minimum absolute atomic E-state index is 0.0462. The van der Waals surface area contributed by atoms with E-state index < -0.39 is 11.6 Å². The van der Waals surface area contributed by atoms with Crippen molar-refractivity contribution < 1.29 is 18.0 Å². The van der Waals surface area contributed by atoms with Crippen molar-refractivity contribution in [3.8, 4) is 17.3 Å². The second kappa shape index (κ2) is 8.71. The van der Waals surface area contributed by atoms with Gasteiger partial charge in [-0.25, -0.2) is 8.78 Å². The fourth-order valence-electron chi connectivity index (χ4n) is 4.28. The molecule has 0 atom stereocenters. The molecule has 0 radical (unpaired) electrons. The van der Waals surface area contributed by atoms with Gasteiger partial charge in [0.2, 0.25) is 0 Å². The fraction of sp³-hybridized carbons (Fsp3) is 0.360. The van der Waals surface area contributed by atoms with Gasteiger partial charge in [-0.05, 0) is 62.1 Å². The van der Waals surface area contributed by atoms with E-state index >= 15 is 0 Å². The number of rotatable bonds is 6. The lowest BCUT2D eigenvalue weighted by Crippen LogP contribution is -2.37. The van der Waals surface area contributed by atoms with E-state index in [4.69, 9.17) is 14.5 Å². The molecule has 0 unspecified atom stereocenters. The maximum absolute atomic E-state index is 14.4. The molecular weight excluding hydrogens is 412 g/mol. The Kier molecular flexibility index (Phi) is 5.62. The second-order valence-corrected chi connectivity index (χ2v) is 8.40. The quantitative estimate of drug-likeness (QED) is 0.508. The zero-order chi connectivity index (χ0) is 22.1. The van der Waals surface area contributed by atoms with Gasteiger partial charge in [-0.2, -0.15) is 5.26 Å². The first-order chi connectivity index (χ1) is 15.6. The molecule has 5 nitrogen and oxygen atoms in total. The number of hydrogen-bond acceptors (Lipinski definition) is 5. The summed E-state index contributed by atoms with van der Waals surface area (Å²) in [6, 6.07) is 13.5. The Balaban J connectivity index is 1.27. The molecular formula is C25H23F2N3O2. The number of piperidine rings is 1. The number of anilines is 1. The van der Waals surface area contributed by atoms with Gasteiger partial charge in [-0.1, -0.05) is 11.2 Å². The van der Waals surface area contributed by atoms with E-state index in [1.54, 1.807) is 0 Å². The van der Waals surface area contributed by atoms with Crippen LogP contribution in [-0.2, 0) is 11.3 Å². The van der Waals surface area contributed by atoms with Crippen LogP contribution in [0.15, 0.2) is 47.0 Å². The van der Waals surface area contributed by atoms with Gasteiger partial charge in [-0.3, -0.25) is 0 Å². The van der Waals surface area contributed by atoms with E-state index in [1.807, 2.05) is 24.3 Å². The van der Waals surface area contributed by atoms with Crippen LogP contribution in [-0.4, -0.2) is 24.4 Å². The Morgan fingerprint density at radius 2 is 1.72 bits per heavy atom. The molecule has 2 heterocycles. The SMILES string of the molecule is N#Cc1ccc(N2CCC(OCc3c(-c4c(F)cccc4F)noc3C3CC3)CC2)cc1. The topological polar surface area (TPSA) is 62.3 Å². The first-order valence-corrected chi connectivity index (χ1v) is 10.9. The van der Waals surface area contributed by atoms with Crippen LogP contribution in [0.1, 0.15) is 48.5 Å². The molecule has 0 amide bonds. The summed E-state index contributed by atoms with van der Waals surface area (Å²) in [4.78, 5) is 2.27. The van der Waals surface area contributed by atoms with Crippen molar-refractivity contribution in [2.75, 3.05) is 18.0 Å². The summed E-state index contributed by atoms with van der Waals surface area (Å²) < 4.78 is 40.5. The first-order valence-electron chi connectivity index (χ1n) is 10.9. The van der Waals surface area contributed by atoms with Crippen molar-refractivity contribution in [3.05, 3.63) is 71.0 Å². The minimum Gasteiger partial charge on any atom is -0.373 e. The van der Waals surface area contributed by atoms with Crippen molar-refractivity contribution in [3.63, 3.8) is 0 Å². The monoisotopic (exact) mass is 435 g/mol. The van der Waals surface area contributed by atoms with Crippen LogP contribution in [0.4, 0.5) is 14.5 Å². The highest BCUT2D eigenvalue weighted by Crippen LogP contribution is 2.45. The van der Waals surface area contributed by atoms with Gasteiger partial charge >= 0.3 is 0 Å². The van der Waals surface area contributed by atoms with Crippen LogP contribution < -0.4 is 4.90 Å². The van der Waals surface area contributed by atoms with E-state index in [1.165, 1.54) is 18.2 Å². The second-order valence-electron chi connectivity index (χ2n) is 8.40. The van der Waals surface area contributed by atoms with Crippen molar-refractivity contribution in [2.45, 2.75) is 44.3 Å². The molecule has 7 heteroatoms. The highest BCUT2D eigenvalue weighted by atomic mass is 19.1. The molecule has 1 aliphatic heterocycles. The van der Waals surface area contributed by atoms with E-state index in [0.717, 1.165) is 44.5 Å². The molecule has 3 aromatic rings. The smallest absolute Gasteiger partial charge is 0.145 e. The Labute approximate surface area is 185 Å². The molecule has 1 aromatic heterocycles. The molecule has 0 spiro atoms. The van der Waals surface area contributed by atoms with Crippen molar-refractivity contribution in [2.24, 2.45) is 0 Å². The molecule has 2 aromatic carbocycles. The van der Waals surface area contributed by atoms with Gasteiger partial charge in [0.1, 0.15) is 23.1 Å². The average Bonchev–Trinajstić information content (AvgIpc) is 3.58. The largest absolute Gasteiger partial charge is 0.373 e. The molecule has 1 saturated carbocycles. The fourth-order valence-corrected chi connectivity index (χ4v) is 4.28. The Morgan fingerprint density at radius 1 is 1.03 bits per heavy atom. The van der Waals surface area contributed by atoms with Gasteiger partial charge in [0.05, 0.1) is 29.9 Å². The predicted molar refractivity (Wildman–Crippen MR) is 115 cm³/mol. The van der Waals surface area contributed by atoms with Crippen LogP contribution in [0.25, 0.3) is 11.3 Å². The zero-order valence-electron chi connectivity index (χ0n) is 17.6. The minimum atomic E-state index is -0.655. The van der Waals surface area contributed by atoms with E-state index in [9.17, 15) is 8.78 Å². The Morgan fingerprint density at radius 3 is 2.34 bits per heavy atom. The normalized spacial score (nSPS) is 16.8. The lowest BCUT2D eigenvalue weighted by atomic mass is 10.0. The van der Waals surface area contributed by atoms with Gasteiger partial charge < -0.3 is 14.2 Å². The summed E-state index contributed by atoms with van der Waals surface area (Å²) in [5.74, 6) is -0.365. The summed E-state index contributed by atoms with van der Waals surface area (Å²) in [7, 11) is 0. The van der Waals surface area contributed by atoms with Crippen LogP contribution in [0.5, 0.6) is 0 Å². The summed E-state index contributed by atoms with van der Waals surface area (Å²) in [6.45, 7) is 1.90. The Hall–Kier alpha value is -3.24. The molecule has 2 fully saturated rings. The lowest BCUT2D eigenvalue weighted by Gasteiger charge is -2.33. The number of nitrogens with zero attached hydrogens (tertiary/aromatic N) is 3. The van der Waals surface area contributed by atoms with Crippen molar-refractivity contribution in [1.82, 2.24) is 5.16 Å². The highest BCUT2D eigenvalue weighted by Gasteiger charge is 2.34. The van der Waals surface area contributed by atoms with E-state index in [-0.39, 0.29) is 29.9 Å². The van der Waals surface area contributed by atoms with Crippen LogP contribution in [0.3, 0.4) is 0 Å². The molecule has 2 aliphatic rings. The zero-order valence-corrected chi connectivity index (χ0v) is 17.6. The molecule has 1 saturated heterocycles. The van der Waals surface area contributed by atoms with Crippen LogP contribution in [0.2, 0.25) is 0 Å². The van der Waals surface area contributed by atoms with Gasteiger partial charge in [0.25, 0.3) is 0 Å². The molecule has 164 valence electrons. The van der Waals surface area contributed by atoms with E-state index in [2.05, 4.69) is 16.1 Å². The summed E-state index contributed by atoms with van der Waals surface area (Å²) in [6.07, 6.45) is 3.71. The third kappa shape index (κ3) is 4.11. The number of nitriles is 1. The summed E-state index contributed by atoms with van der Waals surface area (Å²) in [5.41, 5.74) is 2.45. The molecule has 32 heavy (non-hydrogen) atoms. The number of benzene rings is 2.